The van der Waals surface area contributed by atoms with Gasteiger partial charge in [0.2, 0.25) is 0 Å². The molecule has 4 aliphatic carbocycles. The van der Waals surface area contributed by atoms with Crippen LogP contribution in [0.4, 0.5) is 4.39 Å². The summed E-state index contributed by atoms with van der Waals surface area (Å²) in [6, 6.07) is 0. The van der Waals surface area contributed by atoms with Crippen molar-refractivity contribution in [2.45, 2.75) is 71.4 Å². The third-order valence-corrected chi connectivity index (χ3v) is 7.72. The maximum Gasteiger partial charge on any atom is 0.173 e. The molecule has 116 valence electrons. The van der Waals surface area contributed by atoms with Gasteiger partial charge in [-0.3, -0.25) is 4.79 Å². The molecule has 3 saturated carbocycles. The Balaban J connectivity index is 1.70. The van der Waals surface area contributed by atoms with Gasteiger partial charge in [0.15, 0.2) is 12.0 Å². The second-order valence-corrected chi connectivity index (χ2v) is 8.48. The fraction of sp³-hybridized carbons (Fsp3) is 0.842. The first-order valence-electron chi connectivity index (χ1n) is 8.85. The maximum atomic E-state index is 14.1. The third kappa shape index (κ3) is 1.71. The molecule has 6 atom stereocenters. The van der Waals surface area contributed by atoms with Crippen LogP contribution in [0.3, 0.4) is 0 Å². The first-order chi connectivity index (χ1) is 9.97. The minimum absolute atomic E-state index is 0.0823. The fourth-order valence-electron chi connectivity index (χ4n) is 6.50. The highest BCUT2D eigenvalue weighted by atomic mass is 19.1. The zero-order valence-electron chi connectivity index (χ0n) is 13.3. The summed E-state index contributed by atoms with van der Waals surface area (Å²) in [4.78, 5) is 12.3. The van der Waals surface area contributed by atoms with E-state index in [9.17, 15) is 9.18 Å². The molecule has 3 fully saturated rings. The van der Waals surface area contributed by atoms with Crippen molar-refractivity contribution in [1.29, 1.82) is 0 Å². The number of alkyl halides is 1. The molecule has 0 aromatic heterocycles. The van der Waals surface area contributed by atoms with E-state index in [-0.39, 0.29) is 11.2 Å². The topological polar surface area (TPSA) is 17.1 Å². The first-order valence-corrected chi connectivity index (χ1v) is 8.85. The summed E-state index contributed by atoms with van der Waals surface area (Å²) < 4.78 is 14.1. The van der Waals surface area contributed by atoms with Crippen molar-refractivity contribution in [3.8, 4) is 0 Å². The molecule has 0 amide bonds. The second-order valence-electron chi connectivity index (χ2n) is 8.48. The third-order valence-electron chi connectivity index (χ3n) is 7.72. The van der Waals surface area contributed by atoms with Crippen LogP contribution >= 0.6 is 0 Å². The van der Waals surface area contributed by atoms with Crippen molar-refractivity contribution in [2.24, 2.45) is 28.6 Å². The Morgan fingerprint density at radius 2 is 1.95 bits per heavy atom. The summed E-state index contributed by atoms with van der Waals surface area (Å²) in [7, 11) is 0. The van der Waals surface area contributed by atoms with Crippen molar-refractivity contribution in [1.82, 2.24) is 0 Å². The highest BCUT2D eigenvalue weighted by Crippen LogP contribution is 2.64. The first kappa shape index (κ1) is 14.0. The number of hydrogen-bond acceptors (Lipinski definition) is 1. The lowest BCUT2D eigenvalue weighted by atomic mass is 9.47. The molecule has 0 aromatic rings. The molecule has 1 nitrogen and oxygen atoms in total. The normalized spacial score (nSPS) is 52.7. The molecule has 1 unspecified atom stereocenters. The lowest BCUT2D eigenvalue weighted by molar-refractivity contribution is -0.135. The summed E-state index contributed by atoms with van der Waals surface area (Å²) in [6.07, 6.45) is 10.1. The number of halogens is 1. The predicted molar refractivity (Wildman–Crippen MR) is 81.6 cm³/mol. The second kappa shape index (κ2) is 4.43. The van der Waals surface area contributed by atoms with Crippen LogP contribution < -0.4 is 0 Å². The Labute approximate surface area is 127 Å². The lowest BCUT2D eigenvalue weighted by Gasteiger charge is -2.56. The SMILES string of the molecule is C[C@]12CCCC=C1CC[C@@H]1[C@H]2CC[C@]2(C)C(=O)C(F)C[C@@H]12. The molecule has 0 aliphatic heterocycles. The van der Waals surface area contributed by atoms with E-state index in [0.29, 0.717) is 29.6 Å². The molecule has 4 aliphatic rings. The van der Waals surface area contributed by atoms with E-state index in [0.717, 1.165) is 12.8 Å². The summed E-state index contributed by atoms with van der Waals surface area (Å²) >= 11 is 0. The Morgan fingerprint density at radius 3 is 2.76 bits per heavy atom. The minimum Gasteiger partial charge on any atom is -0.296 e. The summed E-state index contributed by atoms with van der Waals surface area (Å²) in [6.45, 7) is 4.52. The van der Waals surface area contributed by atoms with E-state index < -0.39 is 6.17 Å². The van der Waals surface area contributed by atoms with E-state index >= 15 is 0 Å². The Hall–Kier alpha value is -0.660. The molecule has 0 N–H and O–H groups in total. The van der Waals surface area contributed by atoms with Crippen molar-refractivity contribution in [3.63, 3.8) is 0 Å². The van der Waals surface area contributed by atoms with E-state index in [1.165, 1.54) is 32.1 Å². The number of allylic oxidation sites excluding steroid dienone is 2. The molecule has 0 heterocycles. The minimum atomic E-state index is -1.19. The number of fused-ring (bicyclic) bond motifs is 5. The number of rotatable bonds is 0. The van der Waals surface area contributed by atoms with E-state index in [4.69, 9.17) is 0 Å². The molecule has 0 saturated heterocycles. The van der Waals surface area contributed by atoms with Gasteiger partial charge in [-0.15, -0.1) is 0 Å². The molecule has 0 aromatic carbocycles. The molecule has 0 bridgehead atoms. The van der Waals surface area contributed by atoms with Crippen LogP contribution in [0.2, 0.25) is 0 Å². The number of ketones is 1. The molecule has 0 spiro atoms. The van der Waals surface area contributed by atoms with Crippen molar-refractivity contribution >= 4 is 5.78 Å². The quantitative estimate of drug-likeness (QED) is 0.582. The Bertz CT molecular complexity index is 510. The molecule has 21 heavy (non-hydrogen) atoms. The molecular weight excluding hydrogens is 263 g/mol. The van der Waals surface area contributed by atoms with Gasteiger partial charge in [-0.25, -0.2) is 4.39 Å². The van der Waals surface area contributed by atoms with Crippen molar-refractivity contribution < 1.29 is 9.18 Å². The zero-order chi connectivity index (χ0) is 14.8. The van der Waals surface area contributed by atoms with Gasteiger partial charge in [-0.2, -0.15) is 0 Å². The van der Waals surface area contributed by atoms with Crippen LogP contribution in [0, 0.1) is 28.6 Å². The standard InChI is InChI=1S/C19H27FO/c1-18-9-4-3-5-12(18)6-7-13-14(18)8-10-19(2)15(13)11-16(20)17(19)21/h5,13-16H,3-4,6-11H2,1-2H3/t13-,14-,15+,16?,18+,19+/m1/s1. The number of carbonyl (C=O) groups excluding carboxylic acids is 1. The van der Waals surface area contributed by atoms with E-state index in [1.807, 2.05) is 0 Å². The Morgan fingerprint density at radius 1 is 1.14 bits per heavy atom. The Kier molecular flexibility index (Phi) is 2.94. The van der Waals surface area contributed by atoms with Gasteiger partial charge in [0.25, 0.3) is 0 Å². The molecule has 4 rings (SSSR count). The summed E-state index contributed by atoms with van der Waals surface area (Å²) in [5.41, 5.74) is 1.67. The number of hydrogen-bond donors (Lipinski definition) is 0. The average molecular weight is 290 g/mol. The largest absolute Gasteiger partial charge is 0.296 e. The zero-order valence-corrected chi connectivity index (χ0v) is 13.3. The van der Waals surface area contributed by atoms with Gasteiger partial charge < -0.3 is 0 Å². The van der Waals surface area contributed by atoms with Gasteiger partial charge in [0.1, 0.15) is 0 Å². The van der Waals surface area contributed by atoms with Crippen molar-refractivity contribution in [3.05, 3.63) is 11.6 Å². The van der Waals surface area contributed by atoms with Gasteiger partial charge in [0.05, 0.1) is 0 Å². The van der Waals surface area contributed by atoms with Crippen LogP contribution in [-0.2, 0) is 4.79 Å². The predicted octanol–water partition coefficient (Wildman–Crippen LogP) is 4.86. The average Bonchev–Trinajstić information content (AvgIpc) is 2.70. The smallest absolute Gasteiger partial charge is 0.173 e. The highest BCUT2D eigenvalue weighted by Gasteiger charge is 2.61. The number of carbonyl (C=O) groups is 1. The molecule has 2 heteroatoms. The van der Waals surface area contributed by atoms with Crippen LogP contribution in [0.1, 0.15) is 65.2 Å². The maximum absolute atomic E-state index is 14.1. The monoisotopic (exact) mass is 290 g/mol. The van der Waals surface area contributed by atoms with Crippen LogP contribution in [0.15, 0.2) is 11.6 Å². The fourth-order valence-corrected chi connectivity index (χ4v) is 6.50. The summed E-state index contributed by atoms with van der Waals surface area (Å²) in [5, 5.41) is 0. The number of Topliss-reactive ketones (excluding diaryl/α,β-unsaturated/α-hetero) is 1. The van der Waals surface area contributed by atoms with Crippen LogP contribution in [-0.4, -0.2) is 12.0 Å². The van der Waals surface area contributed by atoms with Crippen molar-refractivity contribution in [2.75, 3.05) is 0 Å². The molecule has 0 radical (unpaired) electrons. The summed E-state index contributed by atoms with van der Waals surface area (Å²) in [5.74, 6) is 1.49. The van der Waals surface area contributed by atoms with Gasteiger partial charge in [-0.05, 0) is 74.5 Å². The van der Waals surface area contributed by atoms with Crippen LogP contribution in [0.5, 0.6) is 0 Å². The van der Waals surface area contributed by atoms with E-state index in [2.05, 4.69) is 19.9 Å². The van der Waals surface area contributed by atoms with Gasteiger partial charge >= 0.3 is 0 Å². The van der Waals surface area contributed by atoms with Gasteiger partial charge in [-0.1, -0.05) is 25.5 Å². The highest BCUT2D eigenvalue weighted by molar-refractivity contribution is 5.91. The lowest BCUT2D eigenvalue weighted by Crippen LogP contribution is -2.50. The molecular formula is C19H27FO. The van der Waals surface area contributed by atoms with Crippen LogP contribution in [0.25, 0.3) is 0 Å². The van der Waals surface area contributed by atoms with E-state index in [1.54, 1.807) is 5.57 Å². The van der Waals surface area contributed by atoms with Gasteiger partial charge in [0, 0.05) is 5.41 Å².